The summed E-state index contributed by atoms with van der Waals surface area (Å²) in [4.78, 5) is 11.2. The second kappa shape index (κ2) is 4.31. The van der Waals surface area contributed by atoms with Crippen molar-refractivity contribution in [2.75, 3.05) is 6.61 Å². The van der Waals surface area contributed by atoms with Crippen molar-refractivity contribution in [2.45, 2.75) is 43.9 Å². The number of rotatable bonds is 3. The van der Waals surface area contributed by atoms with Crippen LogP contribution in [-0.2, 0) is 23.1 Å². The lowest BCUT2D eigenvalue weighted by Crippen LogP contribution is -2.46. The van der Waals surface area contributed by atoms with E-state index in [4.69, 9.17) is 17.3 Å². The summed E-state index contributed by atoms with van der Waals surface area (Å²) < 4.78 is 30.7. The van der Waals surface area contributed by atoms with E-state index in [2.05, 4.69) is 9.05 Å². The highest BCUT2D eigenvalue weighted by Crippen LogP contribution is 2.57. The normalized spacial score (nSPS) is 49.8. The van der Waals surface area contributed by atoms with Crippen LogP contribution >= 0.6 is 7.82 Å². The van der Waals surface area contributed by atoms with E-state index >= 15 is 0 Å². The summed E-state index contributed by atoms with van der Waals surface area (Å²) in [7, 11) is 0.955. The molecule has 2 aliphatic heterocycles. The van der Waals surface area contributed by atoms with Crippen LogP contribution in [0.4, 0.5) is 0 Å². The van der Waals surface area contributed by atoms with Gasteiger partial charge >= 0.3 is 0 Å². The minimum absolute atomic E-state index is 0.0572. The van der Waals surface area contributed by atoms with Crippen molar-refractivity contribution in [2.24, 2.45) is 0 Å². The molecular weight excluding hydrogens is 250 g/mol. The highest BCUT2D eigenvalue weighted by molar-refractivity contribution is 7.46. The maximum atomic E-state index is 11.2. The van der Waals surface area contributed by atoms with Crippen LogP contribution in [0.5, 0.6) is 0 Å². The van der Waals surface area contributed by atoms with Gasteiger partial charge in [0.15, 0.2) is 6.10 Å². The van der Waals surface area contributed by atoms with Crippen LogP contribution in [-0.4, -0.2) is 49.7 Å². The fourth-order valence-electron chi connectivity index (χ4n) is 1.79. The topological polar surface area (TPSA) is 97.3 Å². The SMILES string of the molecule is [B][C@@H]1O[C@H](COC(C)C)[C@@H]2OP(=O)([O-])OC12O. The Labute approximate surface area is 100 Å². The van der Waals surface area contributed by atoms with Crippen LogP contribution in [0.25, 0.3) is 0 Å². The zero-order valence-corrected chi connectivity index (χ0v) is 10.3. The Balaban J connectivity index is 2.10. The predicted molar refractivity (Wildman–Crippen MR) is 54.0 cm³/mol. The molecule has 0 aromatic carbocycles. The van der Waals surface area contributed by atoms with Gasteiger partial charge in [-0.05, 0) is 13.8 Å². The standard InChI is InChI=1S/C8H14BO7P/c1-4(2)13-3-5-6-8(10,7(9)14-5)16-17(11,12)15-6/h4-7,10H,3H2,1-2H3,(H,11,12)/p-1/t5-,6+,7-,8?/m1/s1. The Bertz CT molecular complexity index is 351. The minimum atomic E-state index is -4.52. The van der Waals surface area contributed by atoms with Crippen LogP contribution in [0, 0.1) is 0 Å². The van der Waals surface area contributed by atoms with Gasteiger partial charge < -0.3 is 24.0 Å². The highest BCUT2D eigenvalue weighted by atomic mass is 31.2. The van der Waals surface area contributed by atoms with Crippen LogP contribution in [0.2, 0.25) is 0 Å². The van der Waals surface area contributed by atoms with Gasteiger partial charge in [0, 0.05) is 0 Å². The summed E-state index contributed by atoms with van der Waals surface area (Å²) >= 11 is 0. The Hall–Kier alpha value is 0.0549. The van der Waals surface area contributed by atoms with Gasteiger partial charge in [-0.15, -0.1) is 0 Å². The summed E-state index contributed by atoms with van der Waals surface area (Å²) in [5.74, 6) is -2.16. The lowest BCUT2D eigenvalue weighted by Gasteiger charge is -2.24. The first-order chi connectivity index (χ1) is 7.74. The van der Waals surface area contributed by atoms with E-state index in [-0.39, 0.29) is 12.7 Å². The molecule has 2 unspecified atom stereocenters. The van der Waals surface area contributed by atoms with Gasteiger partial charge in [-0.1, -0.05) is 0 Å². The molecule has 0 spiro atoms. The molecule has 2 heterocycles. The summed E-state index contributed by atoms with van der Waals surface area (Å²) in [5, 5.41) is 9.95. The monoisotopic (exact) mass is 263 g/mol. The van der Waals surface area contributed by atoms with Crippen molar-refractivity contribution in [3.63, 3.8) is 0 Å². The third kappa shape index (κ3) is 2.44. The summed E-state index contributed by atoms with van der Waals surface area (Å²) in [6.45, 7) is 3.68. The summed E-state index contributed by atoms with van der Waals surface area (Å²) in [5.41, 5.74) is 0. The van der Waals surface area contributed by atoms with Crippen molar-refractivity contribution in [1.82, 2.24) is 0 Å². The number of fused-ring (bicyclic) bond motifs is 1. The van der Waals surface area contributed by atoms with E-state index in [0.717, 1.165) is 0 Å². The zero-order valence-electron chi connectivity index (χ0n) is 9.44. The summed E-state index contributed by atoms with van der Waals surface area (Å²) in [6, 6.07) is -1.29. The number of ether oxygens (including phenoxy) is 2. The average Bonchev–Trinajstić information content (AvgIpc) is 2.54. The highest BCUT2D eigenvalue weighted by Gasteiger charge is 2.62. The first kappa shape index (κ1) is 13.5. The molecule has 0 amide bonds. The minimum Gasteiger partial charge on any atom is -0.756 e. The predicted octanol–water partition coefficient (Wildman–Crippen LogP) is -1.12. The number of phosphoric ester groups is 1. The van der Waals surface area contributed by atoms with E-state index in [1.807, 2.05) is 13.8 Å². The lowest BCUT2D eigenvalue weighted by molar-refractivity contribution is -0.234. The Morgan fingerprint density at radius 1 is 1.65 bits per heavy atom. The quantitative estimate of drug-likeness (QED) is 0.508. The first-order valence-electron chi connectivity index (χ1n) is 5.20. The fraction of sp³-hybridized carbons (Fsp3) is 1.00. The van der Waals surface area contributed by atoms with Gasteiger partial charge in [0.2, 0.25) is 5.79 Å². The van der Waals surface area contributed by atoms with Crippen molar-refractivity contribution in [3.8, 4) is 0 Å². The van der Waals surface area contributed by atoms with Crippen LogP contribution in [0.3, 0.4) is 0 Å². The third-order valence-electron chi connectivity index (χ3n) is 2.57. The Kier molecular flexibility index (Phi) is 3.42. The van der Waals surface area contributed by atoms with Crippen LogP contribution in [0.15, 0.2) is 0 Å². The second-order valence-corrected chi connectivity index (χ2v) is 5.58. The third-order valence-corrected chi connectivity index (χ3v) is 3.57. The molecule has 7 nitrogen and oxygen atoms in total. The number of hydrogen-bond acceptors (Lipinski definition) is 7. The molecular formula is C8H13BO7P-. The molecule has 2 fully saturated rings. The molecule has 0 aliphatic carbocycles. The smallest absolute Gasteiger partial charge is 0.271 e. The molecule has 96 valence electrons. The molecule has 0 aromatic rings. The van der Waals surface area contributed by atoms with Crippen LogP contribution in [0.1, 0.15) is 13.8 Å². The van der Waals surface area contributed by atoms with Gasteiger partial charge in [0.05, 0.1) is 18.7 Å². The molecule has 1 N–H and O–H groups in total. The van der Waals surface area contributed by atoms with Crippen molar-refractivity contribution < 1.29 is 33.1 Å². The van der Waals surface area contributed by atoms with Crippen LogP contribution < -0.4 is 4.89 Å². The molecule has 0 aromatic heterocycles. The molecule has 9 heteroatoms. The largest absolute Gasteiger partial charge is 0.756 e. The van der Waals surface area contributed by atoms with Gasteiger partial charge in [0.1, 0.15) is 14.0 Å². The molecule has 2 saturated heterocycles. The van der Waals surface area contributed by atoms with Crippen molar-refractivity contribution >= 4 is 15.7 Å². The maximum absolute atomic E-state index is 11.2. The summed E-state index contributed by atoms with van der Waals surface area (Å²) in [6.07, 6.45) is -2.05. The second-order valence-electron chi connectivity index (χ2n) is 4.29. The molecule has 5 atom stereocenters. The van der Waals surface area contributed by atoms with E-state index < -0.39 is 31.8 Å². The van der Waals surface area contributed by atoms with Gasteiger partial charge in [-0.25, -0.2) is 0 Å². The molecule has 0 saturated carbocycles. The fourth-order valence-corrected chi connectivity index (χ4v) is 2.96. The zero-order chi connectivity index (χ0) is 12.8. The maximum Gasteiger partial charge on any atom is 0.271 e. The lowest BCUT2D eigenvalue weighted by atomic mass is 9.90. The van der Waals surface area contributed by atoms with Gasteiger partial charge in [-0.3, -0.25) is 9.09 Å². The van der Waals surface area contributed by atoms with Crippen molar-refractivity contribution in [3.05, 3.63) is 0 Å². The van der Waals surface area contributed by atoms with E-state index in [0.29, 0.717) is 0 Å². The van der Waals surface area contributed by atoms with E-state index in [1.54, 1.807) is 0 Å². The van der Waals surface area contributed by atoms with E-state index in [9.17, 15) is 14.6 Å². The number of aliphatic hydroxyl groups is 1. The molecule has 2 rings (SSSR count). The van der Waals surface area contributed by atoms with Gasteiger partial charge in [-0.2, -0.15) is 0 Å². The number of phosphoric acid groups is 1. The first-order valence-corrected chi connectivity index (χ1v) is 6.66. The molecule has 0 bridgehead atoms. The van der Waals surface area contributed by atoms with Crippen molar-refractivity contribution in [1.29, 1.82) is 0 Å². The molecule has 2 radical (unpaired) electrons. The van der Waals surface area contributed by atoms with E-state index in [1.165, 1.54) is 0 Å². The Morgan fingerprint density at radius 2 is 2.29 bits per heavy atom. The molecule has 17 heavy (non-hydrogen) atoms. The Morgan fingerprint density at radius 3 is 2.88 bits per heavy atom. The average molecular weight is 263 g/mol. The van der Waals surface area contributed by atoms with Gasteiger partial charge in [0.25, 0.3) is 7.82 Å². The molecule has 2 aliphatic rings. The number of hydrogen-bond donors (Lipinski definition) is 1.